The van der Waals surface area contributed by atoms with Crippen molar-refractivity contribution in [1.29, 1.82) is 0 Å². The number of fused-ring (bicyclic) bond motifs is 2. The number of aliphatic carboxylic acids is 1. The number of hydrogen-bond acceptors (Lipinski definition) is 10. The number of hydrogen-bond donors (Lipinski definition) is 3. The third-order valence-corrected chi connectivity index (χ3v) is 8.29. The van der Waals surface area contributed by atoms with Gasteiger partial charge in [0.2, 0.25) is 0 Å². The summed E-state index contributed by atoms with van der Waals surface area (Å²) in [4.78, 5) is 48.2. The fourth-order valence-electron chi connectivity index (χ4n) is 4.59. The summed E-state index contributed by atoms with van der Waals surface area (Å²) in [6, 6.07) is -0.911. The summed E-state index contributed by atoms with van der Waals surface area (Å²) in [6.07, 6.45) is 8.08. The second kappa shape index (κ2) is 9.85. The summed E-state index contributed by atoms with van der Waals surface area (Å²) in [5.74, 6) is -1.98. The van der Waals surface area contributed by atoms with Crippen molar-refractivity contribution in [2.45, 2.75) is 43.6 Å². The minimum absolute atomic E-state index is 0.0562. The summed E-state index contributed by atoms with van der Waals surface area (Å²) in [5, 5.41) is 22.1. The Morgan fingerprint density at radius 3 is 2.83 bits per heavy atom. The molecule has 0 aromatic carbocycles. The molecule has 1 unspecified atom stereocenters. The van der Waals surface area contributed by atoms with Crippen LogP contribution in [0.5, 0.6) is 0 Å². The number of aryl methyl sites for hydroxylation is 2. The number of aromatic nitrogens is 3. The number of carbonyl (C=O) groups excluding carboxylic acids is 2. The van der Waals surface area contributed by atoms with Gasteiger partial charge in [0.25, 0.3) is 11.8 Å². The third kappa shape index (κ3) is 4.41. The van der Waals surface area contributed by atoms with Crippen molar-refractivity contribution in [2.24, 2.45) is 5.16 Å². The van der Waals surface area contributed by atoms with Gasteiger partial charge in [0.05, 0.1) is 6.20 Å². The molecule has 2 atom stereocenters. The average Bonchev–Trinajstić information content (AvgIpc) is 3.30. The fourth-order valence-corrected chi connectivity index (χ4v) is 6.48. The summed E-state index contributed by atoms with van der Waals surface area (Å²) in [5.41, 5.74) is 8.75. The zero-order valence-corrected chi connectivity index (χ0v) is 21.0. The van der Waals surface area contributed by atoms with Crippen molar-refractivity contribution in [3.05, 3.63) is 45.9 Å². The molecule has 5 rings (SSSR count). The van der Waals surface area contributed by atoms with Gasteiger partial charge in [-0.1, -0.05) is 9.84 Å². The van der Waals surface area contributed by atoms with Gasteiger partial charge < -0.3 is 21.0 Å². The monoisotopic (exact) mass is 530 g/mol. The largest absolute Gasteiger partial charge is 0.477 e. The molecule has 0 saturated carbocycles. The lowest BCUT2D eigenvalue weighted by molar-refractivity contribution is -0.747. The van der Waals surface area contributed by atoms with Crippen molar-refractivity contribution >= 4 is 51.7 Å². The predicted octanol–water partition coefficient (Wildman–Crippen LogP) is 0.0759. The Bertz CT molecular complexity index is 1310. The first-order valence-electron chi connectivity index (χ1n) is 11.3. The van der Waals surface area contributed by atoms with E-state index in [1.165, 1.54) is 34.9 Å². The highest BCUT2D eigenvalue weighted by molar-refractivity contribution is 8.00. The maximum atomic E-state index is 13.0. The third-order valence-electron chi connectivity index (χ3n) is 6.27. The first-order chi connectivity index (χ1) is 17.4. The molecule has 188 valence electrons. The van der Waals surface area contributed by atoms with E-state index in [0.717, 1.165) is 37.0 Å². The second-order valence-electron chi connectivity index (χ2n) is 8.54. The lowest BCUT2D eigenvalue weighted by atomic mass is 9.95. The number of oxime groups is 1. The first-order valence-corrected chi connectivity index (χ1v) is 13.2. The lowest BCUT2D eigenvalue weighted by Gasteiger charge is -2.49. The van der Waals surface area contributed by atoms with E-state index in [0.29, 0.717) is 11.3 Å². The molecule has 4 heterocycles. The molecule has 2 aromatic heterocycles. The van der Waals surface area contributed by atoms with Crippen molar-refractivity contribution < 1.29 is 29.0 Å². The predicted molar refractivity (Wildman–Crippen MR) is 131 cm³/mol. The SMILES string of the molecule is CON=C(C(=O)NC1C(=O)N2C(C(=O)O)=C(C[n+]3cc4c(cn3)CCCC4)CS[C@H]12)c1csc(N)n1. The molecule has 36 heavy (non-hydrogen) atoms. The molecule has 0 radical (unpaired) electrons. The van der Waals surface area contributed by atoms with Gasteiger partial charge in [0, 0.05) is 22.3 Å². The van der Waals surface area contributed by atoms with Crippen LogP contribution in [-0.2, 0) is 38.6 Å². The average molecular weight is 531 g/mol. The maximum absolute atomic E-state index is 13.0. The number of carbonyl (C=O) groups is 3. The Morgan fingerprint density at radius 2 is 2.14 bits per heavy atom. The van der Waals surface area contributed by atoms with Crippen molar-refractivity contribution in [3.63, 3.8) is 0 Å². The van der Waals surface area contributed by atoms with E-state index in [2.05, 4.69) is 20.6 Å². The number of anilines is 1. The lowest BCUT2D eigenvalue weighted by Crippen LogP contribution is -2.71. The summed E-state index contributed by atoms with van der Waals surface area (Å²) >= 11 is 2.53. The molecule has 2 aliphatic heterocycles. The number of nitrogens with one attached hydrogen (secondary N) is 1. The second-order valence-corrected chi connectivity index (χ2v) is 10.5. The highest BCUT2D eigenvalue weighted by Crippen LogP contribution is 2.40. The zero-order valence-electron chi connectivity index (χ0n) is 19.3. The standard InChI is InChI=1S/C22H23N7O5S2/c1-34-27-15(14-10-36-22(23)25-14)18(30)26-16-19(31)29-17(21(32)33)13(9-35-20(16)29)8-28-7-12-5-3-2-4-11(12)6-24-28/h6-7,10,16,20H,2-5,8-9H2,1H3,(H3-,23,25,26,30,32,33)/p+1/t16?,20-/m1/s1. The van der Waals surface area contributed by atoms with Crippen LogP contribution in [0.25, 0.3) is 0 Å². The molecule has 1 aliphatic carbocycles. The summed E-state index contributed by atoms with van der Waals surface area (Å²) in [7, 11) is 1.29. The maximum Gasteiger partial charge on any atom is 0.352 e. The van der Waals surface area contributed by atoms with Gasteiger partial charge in [0.1, 0.15) is 29.9 Å². The van der Waals surface area contributed by atoms with Gasteiger partial charge >= 0.3 is 5.97 Å². The molecule has 12 nitrogen and oxygen atoms in total. The van der Waals surface area contributed by atoms with Crippen LogP contribution in [0.15, 0.2) is 34.2 Å². The minimum Gasteiger partial charge on any atom is -0.477 e. The van der Waals surface area contributed by atoms with E-state index in [-0.39, 0.29) is 28.8 Å². The zero-order chi connectivity index (χ0) is 25.4. The molecule has 2 aromatic rings. The van der Waals surface area contributed by atoms with Crippen LogP contribution in [0.4, 0.5) is 5.13 Å². The Kier molecular flexibility index (Phi) is 6.62. The number of carboxylic acid groups (broad SMARTS) is 1. The van der Waals surface area contributed by atoms with Crippen LogP contribution in [0, 0.1) is 0 Å². The molecule has 1 fully saturated rings. The topological polar surface area (TPSA) is 164 Å². The first kappa shape index (κ1) is 24.2. The van der Waals surface area contributed by atoms with E-state index in [4.69, 9.17) is 10.6 Å². The molecular formula is C22H24N7O5S2+. The summed E-state index contributed by atoms with van der Waals surface area (Å²) in [6.45, 7) is 0.269. The number of thiazole rings is 1. The van der Waals surface area contributed by atoms with Gasteiger partial charge in [0.15, 0.2) is 23.6 Å². The van der Waals surface area contributed by atoms with Crippen molar-refractivity contribution in [3.8, 4) is 0 Å². The minimum atomic E-state index is -1.19. The Balaban J connectivity index is 1.34. The number of thioether (sulfide) groups is 1. The fraction of sp³-hybridized carbons (Fsp3) is 0.409. The molecular weight excluding hydrogens is 506 g/mol. The van der Waals surface area contributed by atoms with Gasteiger partial charge in [-0.25, -0.2) is 9.78 Å². The number of β-lactam (4-membered cyclic amide) rings is 1. The van der Waals surface area contributed by atoms with Crippen LogP contribution in [0.3, 0.4) is 0 Å². The van der Waals surface area contributed by atoms with Gasteiger partial charge in [-0.2, -0.15) is 0 Å². The van der Waals surface area contributed by atoms with Crippen LogP contribution >= 0.6 is 23.1 Å². The Morgan fingerprint density at radius 1 is 1.36 bits per heavy atom. The van der Waals surface area contributed by atoms with E-state index in [1.54, 1.807) is 10.1 Å². The Hall–Kier alpha value is -3.52. The smallest absolute Gasteiger partial charge is 0.352 e. The number of carboxylic acids is 1. The summed E-state index contributed by atoms with van der Waals surface area (Å²) < 4.78 is 1.74. The quantitative estimate of drug-likeness (QED) is 0.195. The molecule has 0 bridgehead atoms. The number of nitrogens with zero attached hydrogens (tertiary/aromatic N) is 5. The Labute approximate surface area is 214 Å². The van der Waals surface area contributed by atoms with Crippen molar-refractivity contribution in [1.82, 2.24) is 20.3 Å². The number of nitrogens with two attached hydrogens (primary N) is 1. The highest BCUT2D eigenvalue weighted by Gasteiger charge is 2.55. The number of nitrogen functional groups attached to an aromatic ring is 1. The molecule has 2 amide bonds. The van der Waals surface area contributed by atoms with E-state index in [1.807, 2.05) is 12.4 Å². The molecule has 0 spiro atoms. The van der Waals surface area contributed by atoms with Gasteiger partial charge in [-0.3, -0.25) is 14.5 Å². The van der Waals surface area contributed by atoms with Crippen LogP contribution < -0.4 is 15.7 Å². The van der Waals surface area contributed by atoms with E-state index >= 15 is 0 Å². The number of rotatable bonds is 7. The van der Waals surface area contributed by atoms with E-state index in [9.17, 15) is 19.5 Å². The van der Waals surface area contributed by atoms with Crippen LogP contribution in [0.1, 0.15) is 29.7 Å². The van der Waals surface area contributed by atoms with E-state index < -0.39 is 29.2 Å². The van der Waals surface area contributed by atoms with Crippen LogP contribution in [-0.4, -0.2) is 67.9 Å². The molecule has 1 saturated heterocycles. The van der Waals surface area contributed by atoms with Crippen molar-refractivity contribution in [2.75, 3.05) is 18.6 Å². The normalized spacial score (nSPS) is 21.4. The molecule has 14 heteroatoms. The highest BCUT2D eigenvalue weighted by atomic mass is 32.2. The molecule has 4 N–H and O–H groups in total. The van der Waals surface area contributed by atoms with Crippen LogP contribution in [0.2, 0.25) is 0 Å². The number of amides is 2. The molecule has 3 aliphatic rings. The van der Waals surface area contributed by atoms with Gasteiger partial charge in [-0.15, -0.1) is 23.1 Å². The van der Waals surface area contributed by atoms with Gasteiger partial charge in [-0.05, 0) is 36.3 Å².